The van der Waals surface area contributed by atoms with E-state index in [1.54, 1.807) is 12.1 Å². The number of nitrogens with zero attached hydrogens (tertiary/aromatic N) is 2. The van der Waals surface area contributed by atoms with E-state index in [0.717, 1.165) is 16.9 Å². The van der Waals surface area contributed by atoms with Crippen molar-refractivity contribution in [2.75, 3.05) is 0 Å². The van der Waals surface area contributed by atoms with Crippen LogP contribution in [-0.2, 0) is 11.4 Å². The maximum Gasteiger partial charge on any atom is 0.269 e. The maximum absolute atomic E-state index is 12.5. The number of ether oxygens (including phenoxy) is 1. The lowest BCUT2D eigenvalue weighted by Gasteiger charge is -2.12. The van der Waals surface area contributed by atoms with E-state index in [0.29, 0.717) is 23.6 Å². The van der Waals surface area contributed by atoms with Crippen LogP contribution < -0.4 is 21.0 Å². The molecule has 34 heavy (non-hydrogen) atoms. The largest absolute Gasteiger partial charge is 0.489 e. The van der Waals surface area contributed by atoms with Gasteiger partial charge in [0, 0.05) is 23.2 Å². The van der Waals surface area contributed by atoms with E-state index in [4.69, 9.17) is 16.3 Å². The van der Waals surface area contributed by atoms with Crippen molar-refractivity contribution in [3.63, 3.8) is 0 Å². The highest BCUT2D eigenvalue weighted by Gasteiger charge is 2.30. The zero-order valence-electron chi connectivity index (χ0n) is 18.0. The summed E-state index contributed by atoms with van der Waals surface area (Å²) in [6, 6.07) is 20.5. The van der Waals surface area contributed by atoms with Gasteiger partial charge in [0.25, 0.3) is 11.6 Å². The Morgan fingerprint density at radius 2 is 1.91 bits per heavy atom. The summed E-state index contributed by atoms with van der Waals surface area (Å²) < 4.78 is 5.90. The number of rotatable bonds is 8. The lowest BCUT2D eigenvalue weighted by molar-refractivity contribution is -0.384. The Labute approximate surface area is 200 Å². The van der Waals surface area contributed by atoms with Crippen LogP contribution in [0.3, 0.4) is 0 Å². The molecule has 2 unspecified atom stereocenters. The van der Waals surface area contributed by atoms with Crippen molar-refractivity contribution in [3.8, 4) is 5.75 Å². The molecule has 1 fully saturated rings. The van der Waals surface area contributed by atoms with Gasteiger partial charge in [0.1, 0.15) is 18.4 Å². The Hall–Kier alpha value is -3.79. The van der Waals surface area contributed by atoms with Gasteiger partial charge in [-0.25, -0.2) is 16.3 Å². The van der Waals surface area contributed by atoms with Crippen LogP contribution in [0.5, 0.6) is 5.75 Å². The highest BCUT2D eigenvalue weighted by molar-refractivity contribution is 6.30. The van der Waals surface area contributed by atoms with Crippen molar-refractivity contribution in [1.82, 2.24) is 16.3 Å². The van der Waals surface area contributed by atoms with Crippen LogP contribution in [-0.4, -0.2) is 23.1 Å². The molecule has 4 rings (SSSR count). The standard InChI is InChI=1S/C24H22ClN5O4/c25-19-8-4-17(5-9-19)15-34-21-3-1-2-18(12-21)22-13-23(28-27-22)24(31)29-26-14-16-6-10-20(11-7-16)30(32)33/h1-12,14,22-23,27-28H,13,15H2,(H,29,31)/b26-14+. The summed E-state index contributed by atoms with van der Waals surface area (Å²) >= 11 is 5.92. The molecule has 1 amide bonds. The minimum Gasteiger partial charge on any atom is -0.489 e. The molecule has 1 aliphatic rings. The molecule has 0 radical (unpaired) electrons. The van der Waals surface area contributed by atoms with E-state index in [2.05, 4.69) is 21.4 Å². The summed E-state index contributed by atoms with van der Waals surface area (Å²) in [5.74, 6) is 0.443. The van der Waals surface area contributed by atoms with Crippen molar-refractivity contribution in [2.45, 2.75) is 25.1 Å². The molecule has 0 aromatic heterocycles. The molecule has 3 aromatic carbocycles. The monoisotopic (exact) mass is 479 g/mol. The summed E-state index contributed by atoms with van der Waals surface area (Å²) in [7, 11) is 0. The summed E-state index contributed by atoms with van der Waals surface area (Å²) in [6.07, 6.45) is 1.96. The van der Waals surface area contributed by atoms with E-state index in [1.165, 1.54) is 18.3 Å². The van der Waals surface area contributed by atoms with Gasteiger partial charge in [-0.1, -0.05) is 35.9 Å². The first-order valence-electron chi connectivity index (χ1n) is 10.5. The second kappa shape index (κ2) is 10.9. The molecule has 1 aliphatic heterocycles. The number of non-ortho nitro benzene ring substituents is 1. The van der Waals surface area contributed by atoms with E-state index in [9.17, 15) is 14.9 Å². The van der Waals surface area contributed by atoms with Gasteiger partial charge >= 0.3 is 0 Å². The van der Waals surface area contributed by atoms with E-state index < -0.39 is 11.0 Å². The average Bonchev–Trinajstić information content (AvgIpc) is 3.35. The number of amides is 1. The van der Waals surface area contributed by atoms with Crippen LogP contribution in [0.1, 0.15) is 29.2 Å². The van der Waals surface area contributed by atoms with Crippen molar-refractivity contribution in [1.29, 1.82) is 0 Å². The lowest BCUT2D eigenvalue weighted by Crippen LogP contribution is -2.41. The summed E-state index contributed by atoms with van der Waals surface area (Å²) in [6.45, 7) is 0.425. The molecule has 0 spiro atoms. The normalized spacial score (nSPS) is 17.6. The van der Waals surface area contributed by atoms with Crippen LogP contribution in [0.15, 0.2) is 77.9 Å². The molecule has 1 heterocycles. The fourth-order valence-corrected chi connectivity index (χ4v) is 3.57. The van der Waals surface area contributed by atoms with Crippen LogP contribution in [0.2, 0.25) is 5.02 Å². The molecular formula is C24H22ClN5O4. The van der Waals surface area contributed by atoms with Gasteiger partial charge < -0.3 is 4.74 Å². The van der Waals surface area contributed by atoms with Crippen LogP contribution in [0.4, 0.5) is 5.69 Å². The van der Waals surface area contributed by atoms with Crippen LogP contribution >= 0.6 is 11.6 Å². The molecule has 1 saturated heterocycles. The average molecular weight is 480 g/mol. The number of benzene rings is 3. The Morgan fingerprint density at radius 3 is 2.65 bits per heavy atom. The van der Waals surface area contributed by atoms with Crippen molar-refractivity contribution in [2.24, 2.45) is 5.10 Å². The number of nitro groups is 1. The number of hydrazone groups is 1. The molecule has 9 nitrogen and oxygen atoms in total. The third-order valence-corrected chi connectivity index (χ3v) is 5.54. The lowest BCUT2D eigenvalue weighted by atomic mass is 10.0. The molecule has 3 aromatic rings. The molecule has 0 saturated carbocycles. The van der Waals surface area contributed by atoms with E-state index >= 15 is 0 Å². The third kappa shape index (κ3) is 6.16. The molecular weight excluding hydrogens is 458 g/mol. The number of nitrogens with one attached hydrogen (secondary N) is 3. The van der Waals surface area contributed by atoms with Gasteiger partial charge in [0.2, 0.25) is 0 Å². The quantitative estimate of drug-likeness (QED) is 0.256. The number of hydrogen-bond donors (Lipinski definition) is 3. The number of halogens is 1. The number of nitro benzene ring substituents is 1. The fourth-order valence-electron chi connectivity index (χ4n) is 3.45. The van der Waals surface area contributed by atoms with Gasteiger partial charge in [0.15, 0.2) is 0 Å². The predicted octanol–water partition coefficient (Wildman–Crippen LogP) is 3.89. The Morgan fingerprint density at radius 1 is 1.15 bits per heavy atom. The van der Waals surface area contributed by atoms with E-state index in [-0.39, 0.29) is 17.6 Å². The second-order valence-electron chi connectivity index (χ2n) is 7.70. The Kier molecular flexibility index (Phi) is 7.48. The highest BCUT2D eigenvalue weighted by atomic mass is 35.5. The Bertz CT molecular complexity index is 1180. The zero-order valence-corrected chi connectivity index (χ0v) is 18.7. The van der Waals surface area contributed by atoms with Gasteiger partial charge in [-0.15, -0.1) is 0 Å². The highest BCUT2D eigenvalue weighted by Crippen LogP contribution is 2.26. The van der Waals surface area contributed by atoms with Crippen LogP contribution in [0.25, 0.3) is 0 Å². The molecule has 0 bridgehead atoms. The molecule has 0 aliphatic carbocycles. The number of hydrazine groups is 1. The Balaban J connectivity index is 1.28. The van der Waals surface area contributed by atoms with Crippen molar-refractivity contribution in [3.05, 3.63) is 105 Å². The van der Waals surface area contributed by atoms with Gasteiger partial charge in [-0.3, -0.25) is 14.9 Å². The molecule has 3 N–H and O–H groups in total. The first kappa shape index (κ1) is 23.4. The smallest absolute Gasteiger partial charge is 0.269 e. The van der Waals surface area contributed by atoms with E-state index in [1.807, 2.05) is 48.5 Å². The zero-order chi connectivity index (χ0) is 23.9. The van der Waals surface area contributed by atoms with Crippen molar-refractivity contribution < 1.29 is 14.5 Å². The summed E-state index contributed by atoms with van der Waals surface area (Å²) in [4.78, 5) is 22.7. The van der Waals surface area contributed by atoms with Gasteiger partial charge in [-0.05, 0) is 59.5 Å². The summed E-state index contributed by atoms with van der Waals surface area (Å²) in [5.41, 5.74) is 11.3. The number of carbonyl (C=O) groups excluding carboxylic acids is 1. The SMILES string of the molecule is O=C(N/N=C/c1ccc([N+](=O)[O-])cc1)C1CC(c2cccc(OCc3ccc(Cl)cc3)c2)NN1. The number of hydrogen-bond acceptors (Lipinski definition) is 7. The first-order valence-corrected chi connectivity index (χ1v) is 10.9. The molecule has 174 valence electrons. The van der Waals surface area contributed by atoms with Gasteiger partial charge in [0.05, 0.1) is 11.1 Å². The third-order valence-electron chi connectivity index (χ3n) is 5.29. The second-order valence-corrected chi connectivity index (χ2v) is 8.14. The summed E-state index contributed by atoms with van der Waals surface area (Å²) in [5, 5.41) is 15.3. The van der Waals surface area contributed by atoms with Gasteiger partial charge in [-0.2, -0.15) is 5.10 Å². The molecule has 2 atom stereocenters. The topological polar surface area (TPSA) is 118 Å². The maximum atomic E-state index is 12.5. The predicted molar refractivity (Wildman–Crippen MR) is 128 cm³/mol. The fraction of sp³-hybridized carbons (Fsp3) is 0.167. The number of carbonyl (C=O) groups is 1. The molecule has 10 heteroatoms. The first-order chi connectivity index (χ1) is 16.5. The van der Waals surface area contributed by atoms with Crippen LogP contribution in [0, 0.1) is 10.1 Å². The minimum absolute atomic E-state index is 0.00657. The van der Waals surface area contributed by atoms with Crippen molar-refractivity contribution >= 4 is 29.4 Å². The minimum atomic E-state index is -0.474.